The maximum atomic E-state index is 12.5. The summed E-state index contributed by atoms with van der Waals surface area (Å²) in [5.74, 6) is 0.324. The molecule has 1 aromatic carbocycles. The minimum absolute atomic E-state index is 0.00764. The number of rotatable bonds is 6. The lowest BCUT2D eigenvalue weighted by Gasteiger charge is -2.36. The van der Waals surface area contributed by atoms with E-state index >= 15 is 0 Å². The van der Waals surface area contributed by atoms with E-state index in [9.17, 15) is 9.59 Å². The van der Waals surface area contributed by atoms with Crippen LogP contribution in [0.3, 0.4) is 0 Å². The topological polar surface area (TPSA) is 77.6 Å². The Labute approximate surface area is 172 Å². The fourth-order valence-corrected chi connectivity index (χ4v) is 3.35. The molecule has 2 aromatic rings. The average Bonchev–Trinajstić information content (AvgIpc) is 2.72. The zero-order valence-electron chi connectivity index (χ0n) is 17.1. The Hall–Kier alpha value is -3.09. The molecule has 0 radical (unpaired) electrons. The van der Waals surface area contributed by atoms with E-state index in [2.05, 4.69) is 20.5 Å². The van der Waals surface area contributed by atoms with Crippen LogP contribution in [0.15, 0.2) is 48.8 Å². The first-order chi connectivity index (χ1) is 14.0. The normalized spacial score (nSPS) is 14.0. The first-order valence-electron chi connectivity index (χ1n) is 10.1. The van der Waals surface area contributed by atoms with E-state index in [1.165, 1.54) is 0 Å². The summed E-state index contributed by atoms with van der Waals surface area (Å²) >= 11 is 0. The molecule has 1 aromatic heterocycles. The van der Waals surface area contributed by atoms with Crippen molar-refractivity contribution < 1.29 is 9.59 Å². The molecule has 2 N–H and O–H groups in total. The van der Waals surface area contributed by atoms with Gasteiger partial charge < -0.3 is 20.4 Å². The molecule has 0 aliphatic carbocycles. The van der Waals surface area contributed by atoms with Crippen molar-refractivity contribution in [2.75, 3.05) is 36.4 Å². The average molecular weight is 396 g/mol. The summed E-state index contributed by atoms with van der Waals surface area (Å²) in [7, 11) is 0. The van der Waals surface area contributed by atoms with Crippen molar-refractivity contribution in [3.05, 3.63) is 54.4 Å². The van der Waals surface area contributed by atoms with Gasteiger partial charge in [0.1, 0.15) is 0 Å². The second kappa shape index (κ2) is 9.91. The number of aromatic nitrogens is 1. The number of urea groups is 1. The van der Waals surface area contributed by atoms with E-state index < -0.39 is 0 Å². The second-order valence-corrected chi connectivity index (χ2v) is 7.68. The van der Waals surface area contributed by atoms with Crippen LogP contribution < -0.4 is 15.5 Å². The number of benzene rings is 1. The van der Waals surface area contributed by atoms with Crippen LogP contribution >= 0.6 is 0 Å². The highest BCUT2D eigenvalue weighted by atomic mass is 16.2. The van der Waals surface area contributed by atoms with E-state index in [4.69, 9.17) is 0 Å². The molecule has 7 nitrogen and oxygen atoms in total. The molecule has 2 heterocycles. The number of pyridine rings is 1. The Morgan fingerprint density at radius 3 is 2.48 bits per heavy atom. The lowest BCUT2D eigenvalue weighted by atomic mass is 10.1. The lowest BCUT2D eigenvalue weighted by Crippen LogP contribution is -2.51. The van der Waals surface area contributed by atoms with Crippen LogP contribution in [-0.4, -0.2) is 48.0 Å². The van der Waals surface area contributed by atoms with Gasteiger partial charge in [0.2, 0.25) is 5.91 Å². The number of piperazine rings is 1. The molecule has 0 bridgehead atoms. The molecule has 1 aliphatic rings. The van der Waals surface area contributed by atoms with Gasteiger partial charge in [-0.25, -0.2) is 4.79 Å². The summed E-state index contributed by atoms with van der Waals surface area (Å²) in [6.45, 7) is 7.42. The smallest absolute Gasteiger partial charge is 0.317 e. The maximum absolute atomic E-state index is 12.5. The SMILES string of the molecule is CC(C)CC(=O)Nc1cccc(CNC(=O)N2CCN(c3ccncc3)CC2)c1. The highest BCUT2D eigenvalue weighted by molar-refractivity contribution is 5.90. The Morgan fingerprint density at radius 2 is 1.79 bits per heavy atom. The van der Waals surface area contributed by atoms with E-state index in [-0.39, 0.29) is 11.9 Å². The van der Waals surface area contributed by atoms with Gasteiger partial charge in [0.05, 0.1) is 0 Å². The Kier molecular flexibility index (Phi) is 7.05. The van der Waals surface area contributed by atoms with E-state index in [0.717, 1.165) is 30.0 Å². The van der Waals surface area contributed by atoms with Crippen LogP contribution in [0.1, 0.15) is 25.8 Å². The van der Waals surface area contributed by atoms with E-state index in [1.54, 1.807) is 12.4 Å². The fraction of sp³-hybridized carbons (Fsp3) is 0.409. The van der Waals surface area contributed by atoms with Crippen LogP contribution in [0, 0.1) is 5.92 Å². The van der Waals surface area contributed by atoms with Gasteiger partial charge in [0.15, 0.2) is 0 Å². The number of hydrogen-bond acceptors (Lipinski definition) is 4. The zero-order valence-corrected chi connectivity index (χ0v) is 17.1. The summed E-state index contributed by atoms with van der Waals surface area (Å²) in [6, 6.07) is 11.5. The molecule has 0 spiro atoms. The number of carbonyl (C=O) groups excluding carboxylic acids is 2. The summed E-state index contributed by atoms with van der Waals surface area (Å²) in [6.07, 6.45) is 4.06. The zero-order chi connectivity index (χ0) is 20.6. The largest absolute Gasteiger partial charge is 0.368 e. The van der Waals surface area contributed by atoms with Crippen molar-refractivity contribution in [1.29, 1.82) is 0 Å². The van der Waals surface area contributed by atoms with Gasteiger partial charge >= 0.3 is 6.03 Å². The van der Waals surface area contributed by atoms with Crippen LogP contribution in [0.2, 0.25) is 0 Å². The quantitative estimate of drug-likeness (QED) is 0.788. The minimum atomic E-state index is -0.0615. The van der Waals surface area contributed by atoms with Gasteiger partial charge in [-0.15, -0.1) is 0 Å². The number of carbonyl (C=O) groups is 2. The van der Waals surface area contributed by atoms with Crippen LogP contribution in [-0.2, 0) is 11.3 Å². The Balaban J connectivity index is 1.46. The molecule has 0 unspecified atom stereocenters. The van der Waals surface area contributed by atoms with Crippen molar-refractivity contribution in [3.63, 3.8) is 0 Å². The number of nitrogens with one attached hydrogen (secondary N) is 2. The van der Waals surface area contributed by atoms with Crippen LogP contribution in [0.25, 0.3) is 0 Å². The molecule has 1 fully saturated rings. The predicted octanol–water partition coefficient (Wildman–Crippen LogP) is 3.10. The summed E-state index contributed by atoms with van der Waals surface area (Å²) < 4.78 is 0. The molecule has 0 saturated carbocycles. The molecule has 0 atom stereocenters. The molecule has 29 heavy (non-hydrogen) atoms. The predicted molar refractivity (Wildman–Crippen MR) is 115 cm³/mol. The lowest BCUT2D eigenvalue weighted by molar-refractivity contribution is -0.116. The van der Waals surface area contributed by atoms with Crippen LogP contribution in [0.5, 0.6) is 0 Å². The highest BCUT2D eigenvalue weighted by Gasteiger charge is 2.21. The van der Waals surface area contributed by atoms with Gasteiger partial charge in [-0.1, -0.05) is 26.0 Å². The first kappa shape index (κ1) is 20.6. The third-order valence-electron chi connectivity index (χ3n) is 4.84. The molecular weight excluding hydrogens is 366 g/mol. The number of amides is 3. The van der Waals surface area contributed by atoms with Crippen molar-refractivity contribution in [2.45, 2.75) is 26.8 Å². The molecule has 7 heteroatoms. The molecular formula is C22H29N5O2. The summed E-state index contributed by atoms with van der Waals surface area (Å²) in [4.78, 5) is 32.6. The van der Waals surface area contributed by atoms with Crippen molar-refractivity contribution in [3.8, 4) is 0 Å². The molecule has 154 valence electrons. The maximum Gasteiger partial charge on any atom is 0.317 e. The van der Waals surface area contributed by atoms with Gasteiger partial charge in [-0.3, -0.25) is 9.78 Å². The van der Waals surface area contributed by atoms with Gasteiger partial charge in [0, 0.05) is 62.9 Å². The standard InChI is InChI=1S/C22H29N5O2/c1-17(2)14-21(28)25-19-5-3-4-18(15-19)16-24-22(29)27-12-10-26(11-13-27)20-6-8-23-9-7-20/h3-9,15,17H,10-14,16H2,1-2H3,(H,24,29)(H,25,28). The molecule has 1 aliphatic heterocycles. The summed E-state index contributed by atoms with van der Waals surface area (Å²) in [5, 5.41) is 5.89. The number of hydrogen-bond donors (Lipinski definition) is 2. The third kappa shape index (κ3) is 6.20. The minimum Gasteiger partial charge on any atom is -0.368 e. The monoisotopic (exact) mass is 395 g/mol. The van der Waals surface area contributed by atoms with Crippen molar-refractivity contribution >= 4 is 23.3 Å². The van der Waals surface area contributed by atoms with E-state index in [1.807, 2.05) is 55.1 Å². The van der Waals surface area contributed by atoms with Gasteiger partial charge in [0.25, 0.3) is 0 Å². The second-order valence-electron chi connectivity index (χ2n) is 7.68. The van der Waals surface area contributed by atoms with Crippen molar-refractivity contribution in [1.82, 2.24) is 15.2 Å². The first-order valence-corrected chi connectivity index (χ1v) is 10.1. The Bertz CT molecular complexity index is 817. The van der Waals surface area contributed by atoms with Crippen molar-refractivity contribution in [2.24, 2.45) is 5.92 Å². The number of anilines is 2. The van der Waals surface area contributed by atoms with Crippen LogP contribution in [0.4, 0.5) is 16.2 Å². The van der Waals surface area contributed by atoms with E-state index in [0.29, 0.717) is 32.0 Å². The third-order valence-corrected chi connectivity index (χ3v) is 4.84. The molecule has 3 rings (SSSR count). The molecule has 1 saturated heterocycles. The highest BCUT2D eigenvalue weighted by Crippen LogP contribution is 2.15. The molecule has 3 amide bonds. The summed E-state index contributed by atoms with van der Waals surface area (Å²) in [5.41, 5.74) is 2.85. The van der Waals surface area contributed by atoms with Gasteiger partial charge in [-0.2, -0.15) is 0 Å². The van der Waals surface area contributed by atoms with Gasteiger partial charge in [-0.05, 0) is 35.7 Å². The fourth-order valence-electron chi connectivity index (χ4n) is 3.35. The number of nitrogens with zero attached hydrogens (tertiary/aromatic N) is 3. The Morgan fingerprint density at radius 1 is 1.07 bits per heavy atom.